The van der Waals surface area contributed by atoms with Crippen LogP contribution in [0.3, 0.4) is 0 Å². The molecule has 1 aliphatic rings. The highest BCUT2D eigenvalue weighted by Crippen LogP contribution is 2.38. The Labute approximate surface area is 315 Å². The highest BCUT2D eigenvalue weighted by molar-refractivity contribution is 7.91. The van der Waals surface area contributed by atoms with Crippen molar-refractivity contribution in [2.75, 3.05) is 32.1 Å². The number of sulfone groups is 1. The van der Waals surface area contributed by atoms with Gasteiger partial charge in [-0.05, 0) is 61.7 Å². The monoisotopic (exact) mass is 801 g/mol. The zero-order valence-electron chi connectivity index (χ0n) is 28.9. The standard InChI is InChI=1S/C35H36ClN5O9S3/c1-35(2,3)50-34(43)40-53(46,47)18-13-29-38-39-31(49-29)30(52(44,45)21-22-7-5-4-6-8-22)32-37-27-12-10-24(20-28(27)51-32)23-9-11-25(26(36)19-23)33(42)41-14-16-48-17-15-41/h4-12,19-20,30H,13-18,21H2,1-3H3,(H,40,43). The van der Waals surface area contributed by atoms with E-state index in [1.807, 2.05) is 16.9 Å². The molecule has 2 amide bonds. The van der Waals surface area contributed by atoms with E-state index < -0.39 is 42.6 Å². The third-order valence-corrected chi connectivity index (χ3v) is 12.6. The normalized spacial score (nSPS) is 14.6. The average Bonchev–Trinajstić information content (AvgIpc) is 3.73. The minimum absolute atomic E-state index is 0.148. The summed E-state index contributed by atoms with van der Waals surface area (Å²) in [6.45, 7) is 6.71. The summed E-state index contributed by atoms with van der Waals surface area (Å²) in [7, 11) is -8.24. The fourth-order valence-electron chi connectivity index (χ4n) is 5.51. The molecule has 53 heavy (non-hydrogen) atoms. The number of amides is 2. The second-order valence-electron chi connectivity index (χ2n) is 13.2. The third kappa shape index (κ3) is 9.58. The second-order valence-corrected chi connectivity index (χ2v) is 18.6. The van der Waals surface area contributed by atoms with Crippen molar-refractivity contribution in [3.63, 3.8) is 0 Å². The molecule has 1 saturated heterocycles. The van der Waals surface area contributed by atoms with Gasteiger partial charge in [-0.15, -0.1) is 21.5 Å². The van der Waals surface area contributed by atoms with Gasteiger partial charge in [-0.1, -0.05) is 54.1 Å². The number of benzene rings is 3. The Balaban J connectivity index is 1.28. The van der Waals surface area contributed by atoms with Gasteiger partial charge in [0.15, 0.2) is 15.1 Å². The van der Waals surface area contributed by atoms with Crippen molar-refractivity contribution < 1.29 is 40.3 Å². The van der Waals surface area contributed by atoms with Crippen LogP contribution in [-0.4, -0.2) is 86.6 Å². The molecule has 1 unspecified atom stereocenters. The van der Waals surface area contributed by atoms with Crippen LogP contribution < -0.4 is 4.72 Å². The van der Waals surface area contributed by atoms with Gasteiger partial charge in [0.2, 0.25) is 21.8 Å². The SMILES string of the molecule is CC(C)(C)OC(=O)NS(=O)(=O)CCc1nnc(C(c2nc3ccc(-c4ccc(C(=O)N5CCOCC5)c(Cl)c4)cc3s2)S(=O)(=O)Cc2ccccc2)o1. The van der Waals surface area contributed by atoms with Crippen LogP contribution in [0.2, 0.25) is 5.02 Å². The summed E-state index contributed by atoms with van der Waals surface area (Å²) >= 11 is 7.73. The Morgan fingerprint density at radius 2 is 1.68 bits per heavy atom. The van der Waals surface area contributed by atoms with Gasteiger partial charge in [-0.2, -0.15) is 0 Å². The van der Waals surface area contributed by atoms with Crippen LogP contribution in [0.4, 0.5) is 4.79 Å². The Kier molecular flexibility index (Phi) is 11.2. The first-order valence-corrected chi connectivity index (χ1v) is 21.0. The molecule has 1 atom stereocenters. The van der Waals surface area contributed by atoms with Gasteiger partial charge in [0.05, 0.1) is 45.5 Å². The molecule has 0 saturated carbocycles. The van der Waals surface area contributed by atoms with Gasteiger partial charge >= 0.3 is 6.09 Å². The number of sulfonamides is 1. The lowest BCUT2D eigenvalue weighted by Gasteiger charge is -2.27. The molecule has 0 spiro atoms. The topological polar surface area (TPSA) is 188 Å². The number of rotatable bonds is 11. The summed E-state index contributed by atoms with van der Waals surface area (Å²) in [5.74, 6) is -1.56. The maximum absolute atomic E-state index is 14.1. The molecule has 1 N–H and O–H groups in total. The summed E-state index contributed by atoms with van der Waals surface area (Å²) in [5, 5.41) is 6.96. The van der Waals surface area contributed by atoms with Crippen LogP contribution in [0.25, 0.3) is 21.3 Å². The number of carbonyl (C=O) groups excluding carboxylic acids is 2. The Morgan fingerprint density at radius 1 is 0.981 bits per heavy atom. The quantitative estimate of drug-likeness (QED) is 0.175. The van der Waals surface area contributed by atoms with E-state index in [-0.39, 0.29) is 34.9 Å². The molecular formula is C35H36ClN5O9S3. The number of nitrogens with one attached hydrogen (secondary N) is 1. The zero-order chi connectivity index (χ0) is 38.0. The lowest BCUT2D eigenvalue weighted by atomic mass is 10.0. The van der Waals surface area contributed by atoms with E-state index in [1.54, 1.807) is 80.3 Å². The number of nitrogens with zero attached hydrogens (tertiary/aromatic N) is 4. The lowest BCUT2D eigenvalue weighted by molar-refractivity contribution is 0.0303. The molecular weight excluding hydrogens is 766 g/mol. The van der Waals surface area contributed by atoms with E-state index in [9.17, 15) is 26.4 Å². The highest BCUT2D eigenvalue weighted by Gasteiger charge is 2.37. The zero-order valence-corrected chi connectivity index (χ0v) is 32.1. The van der Waals surface area contributed by atoms with Crippen LogP contribution in [0.5, 0.6) is 0 Å². The molecule has 0 radical (unpaired) electrons. The number of aromatic nitrogens is 3. The number of hydrogen-bond acceptors (Lipinski definition) is 13. The molecule has 1 fully saturated rings. The predicted octanol–water partition coefficient (Wildman–Crippen LogP) is 5.57. The lowest BCUT2D eigenvalue weighted by Crippen LogP contribution is -2.40. The molecule has 5 aromatic rings. The number of ether oxygens (including phenoxy) is 2. The van der Waals surface area contributed by atoms with Gasteiger partial charge < -0.3 is 18.8 Å². The number of halogens is 1. The van der Waals surface area contributed by atoms with Crippen molar-refractivity contribution in [2.24, 2.45) is 0 Å². The van der Waals surface area contributed by atoms with Crippen molar-refractivity contribution in [2.45, 2.75) is 43.8 Å². The molecule has 14 nitrogen and oxygen atoms in total. The van der Waals surface area contributed by atoms with Crippen molar-refractivity contribution in [1.29, 1.82) is 0 Å². The van der Waals surface area contributed by atoms with Gasteiger partial charge in [0, 0.05) is 19.5 Å². The fourth-order valence-corrected chi connectivity index (χ4v) is 9.77. The van der Waals surface area contributed by atoms with E-state index in [0.717, 1.165) is 22.5 Å². The van der Waals surface area contributed by atoms with Crippen LogP contribution >= 0.6 is 22.9 Å². The summed E-state index contributed by atoms with van der Waals surface area (Å²) in [5.41, 5.74) is 2.06. The molecule has 3 aromatic carbocycles. The number of thiazole rings is 1. The minimum Gasteiger partial charge on any atom is -0.443 e. The summed E-state index contributed by atoms with van der Waals surface area (Å²) in [6.07, 6.45) is -1.44. The van der Waals surface area contributed by atoms with Crippen molar-refractivity contribution in [3.05, 3.63) is 99.7 Å². The van der Waals surface area contributed by atoms with E-state index in [2.05, 4.69) is 15.2 Å². The van der Waals surface area contributed by atoms with Gasteiger partial charge in [-0.3, -0.25) is 4.79 Å². The third-order valence-electron chi connectivity index (χ3n) is 7.96. The molecule has 18 heteroatoms. The summed E-state index contributed by atoms with van der Waals surface area (Å²) in [6, 6.07) is 19.3. The Bertz CT molecular complexity index is 2350. The van der Waals surface area contributed by atoms with Crippen molar-refractivity contribution in [1.82, 2.24) is 24.8 Å². The van der Waals surface area contributed by atoms with Crippen LogP contribution in [0.15, 0.2) is 71.1 Å². The molecule has 0 aliphatic carbocycles. The van der Waals surface area contributed by atoms with E-state index in [0.29, 0.717) is 52.7 Å². The maximum Gasteiger partial charge on any atom is 0.421 e. The summed E-state index contributed by atoms with van der Waals surface area (Å²) < 4.78 is 71.9. The molecule has 3 heterocycles. The minimum atomic E-state index is -4.16. The van der Waals surface area contributed by atoms with Gasteiger partial charge in [-0.25, -0.2) is 31.3 Å². The molecule has 6 rings (SSSR count). The smallest absolute Gasteiger partial charge is 0.421 e. The number of morpholine rings is 1. The van der Waals surface area contributed by atoms with Crippen LogP contribution in [-0.2, 0) is 41.5 Å². The van der Waals surface area contributed by atoms with Gasteiger partial charge in [0.1, 0.15) is 10.6 Å². The second kappa shape index (κ2) is 15.5. The van der Waals surface area contributed by atoms with Gasteiger partial charge in [0.25, 0.3) is 5.91 Å². The number of carbonyl (C=O) groups is 2. The largest absolute Gasteiger partial charge is 0.443 e. The number of fused-ring (bicyclic) bond motifs is 1. The fraction of sp³-hybridized carbons (Fsp3) is 0.343. The first-order valence-electron chi connectivity index (χ1n) is 16.5. The Hall–Kier alpha value is -4.42. The van der Waals surface area contributed by atoms with Crippen molar-refractivity contribution in [3.8, 4) is 11.1 Å². The first kappa shape index (κ1) is 38.3. The van der Waals surface area contributed by atoms with E-state index in [4.69, 9.17) is 25.5 Å². The average molecular weight is 802 g/mol. The number of hydrogen-bond donors (Lipinski definition) is 1. The van der Waals surface area contributed by atoms with Crippen LogP contribution in [0, 0.1) is 0 Å². The van der Waals surface area contributed by atoms with E-state index in [1.165, 1.54) is 0 Å². The maximum atomic E-state index is 14.1. The summed E-state index contributed by atoms with van der Waals surface area (Å²) in [4.78, 5) is 31.4. The molecule has 280 valence electrons. The van der Waals surface area contributed by atoms with E-state index >= 15 is 0 Å². The van der Waals surface area contributed by atoms with Crippen molar-refractivity contribution >= 4 is 65.0 Å². The highest BCUT2D eigenvalue weighted by atomic mass is 35.5. The molecule has 1 aliphatic heterocycles. The first-order chi connectivity index (χ1) is 25.1. The number of aryl methyl sites for hydroxylation is 1. The van der Waals surface area contributed by atoms with Crippen LogP contribution in [0.1, 0.15) is 58.7 Å². The predicted molar refractivity (Wildman–Crippen MR) is 199 cm³/mol. The molecule has 2 aromatic heterocycles. The Morgan fingerprint density at radius 3 is 2.38 bits per heavy atom. The molecule has 0 bridgehead atoms.